The number of carbonyl (C=O) groups is 1. The zero-order chi connectivity index (χ0) is 23.0. The summed E-state index contributed by atoms with van der Waals surface area (Å²) in [5.41, 5.74) is -0.171. The summed E-state index contributed by atoms with van der Waals surface area (Å²) in [5.74, 6) is -2.08. The Morgan fingerprint density at radius 3 is 2.53 bits per heavy atom. The van der Waals surface area contributed by atoms with Gasteiger partial charge in [0, 0.05) is 37.7 Å². The lowest BCUT2D eigenvalue weighted by Crippen LogP contribution is -2.41. The monoisotopic (exact) mass is 465 g/mol. The van der Waals surface area contributed by atoms with E-state index in [1.807, 2.05) is 0 Å². The van der Waals surface area contributed by atoms with Gasteiger partial charge in [0.15, 0.2) is 0 Å². The number of halogens is 2. The summed E-state index contributed by atoms with van der Waals surface area (Å²) in [7, 11) is -4.45. The molecule has 168 valence electrons. The molecule has 1 aliphatic rings. The molecule has 1 amide bonds. The normalized spacial score (nSPS) is 15.2. The second kappa shape index (κ2) is 8.24. The molecule has 1 fully saturated rings. The van der Waals surface area contributed by atoms with Crippen LogP contribution in [0.15, 0.2) is 35.6 Å². The van der Waals surface area contributed by atoms with E-state index in [9.17, 15) is 22.0 Å². The molecule has 13 heteroatoms. The Labute approximate surface area is 180 Å². The van der Waals surface area contributed by atoms with Crippen molar-refractivity contribution in [1.29, 1.82) is 0 Å². The number of nitrogens with two attached hydrogens (primary N) is 1. The van der Waals surface area contributed by atoms with E-state index in [4.69, 9.17) is 15.0 Å². The number of likely N-dealkylation sites (tertiary alicyclic amines) is 1. The van der Waals surface area contributed by atoms with Gasteiger partial charge in [0.2, 0.25) is 15.9 Å². The van der Waals surface area contributed by atoms with Gasteiger partial charge >= 0.3 is 6.09 Å². The second-order valence-corrected chi connectivity index (χ2v) is 8.66. The highest BCUT2D eigenvalue weighted by Crippen LogP contribution is 2.33. The van der Waals surface area contributed by atoms with Crippen LogP contribution in [-0.4, -0.2) is 58.7 Å². The Morgan fingerprint density at radius 2 is 1.88 bits per heavy atom. The zero-order valence-electron chi connectivity index (χ0n) is 16.4. The second-order valence-electron chi connectivity index (χ2n) is 7.13. The Hall–Kier alpha value is -3.45. The van der Waals surface area contributed by atoms with Crippen molar-refractivity contribution >= 4 is 27.0 Å². The van der Waals surface area contributed by atoms with Crippen molar-refractivity contribution < 1.29 is 31.8 Å². The van der Waals surface area contributed by atoms with Gasteiger partial charge in [-0.25, -0.2) is 37.1 Å². The van der Waals surface area contributed by atoms with E-state index in [0.29, 0.717) is 43.5 Å². The molecule has 0 saturated carbocycles. The number of amides is 1. The first kappa shape index (κ1) is 21.8. The summed E-state index contributed by atoms with van der Waals surface area (Å²) in [6, 6.07) is 2.74. The molecule has 0 atom stereocenters. The average Bonchev–Trinajstić information content (AvgIpc) is 2.74. The van der Waals surface area contributed by atoms with Crippen molar-refractivity contribution in [2.24, 2.45) is 5.14 Å². The molecule has 0 spiro atoms. The van der Waals surface area contributed by atoms with E-state index >= 15 is 0 Å². The van der Waals surface area contributed by atoms with E-state index in [0.717, 1.165) is 0 Å². The Bertz CT molecular complexity index is 1310. The number of aromatic nitrogens is 3. The Morgan fingerprint density at radius 1 is 1.16 bits per heavy atom. The summed E-state index contributed by atoms with van der Waals surface area (Å²) in [6.07, 6.45) is 2.17. The van der Waals surface area contributed by atoms with Crippen molar-refractivity contribution in [3.63, 3.8) is 0 Å². The molecule has 0 aliphatic carbocycles. The fourth-order valence-corrected chi connectivity index (χ4v) is 4.11. The molecule has 1 saturated heterocycles. The van der Waals surface area contributed by atoms with Crippen LogP contribution in [0.5, 0.6) is 5.88 Å². The maximum atomic E-state index is 14.7. The van der Waals surface area contributed by atoms with Gasteiger partial charge in [0.25, 0.3) is 0 Å². The summed E-state index contributed by atoms with van der Waals surface area (Å²) in [5, 5.41) is 14.4. The molecule has 4 rings (SSSR count). The number of rotatable bonds is 4. The van der Waals surface area contributed by atoms with Gasteiger partial charge in [0.1, 0.15) is 34.5 Å². The quantitative estimate of drug-likeness (QED) is 0.595. The lowest BCUT2D eigenvalue weighted by atomic mass is 10.1. The number of benzene rings is 1. The van der Waals surface area contributed by atoms with Gasteiger partial charge in [-0.3, -0.25) is 4.98 Å². The molecule has 32 heavy (non-hydrogen) atoms. The number of hydrogen-bond donors (Lipinski definition) is 2. The van der Waals surface area contributed by atoms with E-state index in [-0.39, 0.29) is 28.8 Å². The van der Waals surface area contributed by atoms with Crippen LogP contribution in [0.2, 0.25) is 0 Å². The molecule has 0 radical (unpaired) electrons. The van der Waals surface area contributed by atoms with Gasteiger partial charge in [-0.2, -0.15) is 0 Å². The minimum Gasteiger partial charge on any atom is -0.474 e. The van der Waals surface area contributed by atoms with Crippen LogP contribution in [-0.2, 0) is 10.0 Å². The Balaban J connectivity index is 1.71. The molecule has 10 nitrogen and oxygen atoms in total. The van der Waals surface area contributed by atoms with Crippen molar-refractivity contribution in [3.8, 4) is 17.1 Å². The summed E-state index contributed by atoms with van der Waals surface area (Å²) >= 11 is 0. The first-order chi connectivity index (χ1) is 15.1. The standard InChI is InChI=1S/C19H17F2N5O5S/c20-13-8-15(32(22,29)30)14(21)7-12(13)17-16-11(1-4-23-17)18(25-9-24-16)31-10-2-5-26(6-3-10)19(27)28/h1,4,7-10H,2-3,5-6H2,(H,27,28)(H2,22,29,30). The predicted octanol–water partition coefficient (Wildman–Crippen LogP) is 2.14. The third-order valence-corrected chi connectivity index (χ3v) is 6.02. The predicted molar refractivity (Wildman–Crippen MR) is 107 cm³/mol. The summed E-state index contributed by atoms with van der Waals surface area (Å²) < 4.78 is 57.9. The van der Waals surface area contributed by atoms with Gasteiger partial charge < -0.3 is 14.7 Å². The molecule has 3 aromatic rings. The molecule has 3 heterocycles. The van der Waals surface area contributed by atoms with Gasteiger partial charge in [-0.15, -0.1) is 0 Å². The van der Waals surface area contributed by atoms with Gasteiger partial charge in [-0.1, -0.05) is 0 Å². The highest BCUT2D eigenvalue weighted by molar-refractivity contribution is 7.89. The maximum Gasteiger partial charge on any atom is 0.407 e. The highest BCUT2D eigenvalue weighted by Gasteiger charge is 2.25. The molecular weight excluding hydrogens is 448 g/mol. The summed E-state index contributed by atoms with van der Waals surface area (Å²) in [4.78, 5) is 23.7. The molecule has 0 bridgehead atoms. The van der Waals surface area contributed by atoms with Crippen LogP contribution in [0.1, 0.15) is 12.8 Å². The van der Waals surface area contributed by atoms with Crippen molar-refractivity contribution in [2.45, 2.75) is 23.8 Å². The Kier molecular flexibility index (Phi) is 5.60. The first-order valence-electron chi connectivity index (χ1n) is 9.41. The molecule has 3 N–H and O–H groups in total. The number of fused-ring (bicyclic) bond motifs is 1. The van der Waals surface area contributed by atoms with E-state index in [1.54, 1.807) is 6.07 Å². The molecular formula is C19H17F2N5O5S. The van der Waals surface area contributed by atoms with E-state index < -0.39 is 32.6 Å². The van der Waals surface area contributed by atoms with Gasteiger partial charge in [0.05, 0.1) is 11.1 Å². The zero-order valence-corrected chi connectivity index (χ0v) is 17.2. The molecule has 2 aromatic heterocycles. The molecule has 1 aliphatic heterocycles. The number of nitrogens with zero attached hydrogens (tertiary/aromatic N) is 4. The topological polar surface area (TPSA) is 149 Å². The maximum absolute atomic E-state index is 14.7. The van der Waals surface area contributed by atoms with Crippen LogP contribution >= 0.6 is 0 Å². The highest BCUT2D eigenvalue weighted by atomic mass is 32.2. The average molecular weight is 465 g/mol. The minimum atomic E-state index is -4.45. The van der Waals surface area contributed by atoms with Crippen molar-refractivity contribution in [1.82, 2.24) is 19.9 Å². The number of piperidine rings is 1. The third kappa shape index (κ3) is 4.16. The fourth-order valence-electron chi connectivity index (χ4n) is 3.51. The van der Waals surface area contributed by atoms with E-state index in [2.05, 4.69) is 15.0 Å². The van der Waals surface area contributed by atoms with Crippen LogP contribution in [0.3, 0.4) is 0 Å². The fraction of sp³-hybridized carbons (Fsp3) is 0.263. The number of carboxylic acid groups (broad SMARTS) is 1. The lowest BCUT2D eigenvalue weighted by molar-refractivity contribution is 0.0879. The van der Waals surface area contributed by atoms with E-state index in [1.165, 1.54) is 17.4 Å². The molecule has 1 aromatic carbocycles. The number of sulfonamides is 1. The number of ether oxygens (including phenoxy) is 1. The minimum absolute atomic E-state index is 0.0344. The number of primary sulfonamides is 1. The largest absolute Gasteiger partial charge is 0.474 e. The van der Waals surface area contributed by atoms with Crippen molar-refractivity contribution in [3.05, 3.63) is 42.4 Å². The molecule has 0 unspecified atom stereocenters. The number of pyridine rings is 1. The number of hydrogen-bond acceptors (Lipinski definition) is 7. The SMILES string of the molecule is NS(=O)(=O)c1cc(F)c(-c2nccc3c(OC4CCN(C(=O)O)CC4)ncnc23)cc1F. The smallest absolute Gasteiger partial charge is 0.407 e. The van der Waals surface area contributed by atoms with Crippen LogP contribution in [0.4, 0.5) is 13.6 Å². The van der Waals surface area contributed by atoms with Crippen LogP contribution < -0.4 is 9.88 Å². The summed E-state index contributed by atoms with van der Waals surface area (Å²) in [6.45, 7) is 0.632. The van der Waals surface area contributed by atoms with Gasteiger partial charge in [-0.05, 0) is 18.2 Å². The third-order valence-electron chi connectivity index (χ3n) is 5.09. The van der Waals surface area contributed by atoms with Crippen LogP contribution in [0, 0.1) is 11.6 Å². The first-order valence-corrected chi connectivity index (χ1v) is 11.0. The van der Waals surface area contributed by atoms with Crippen molar-refractivity contribution in [2.75, 3.05) is 13.1 Å². The van der Waals surface area contributed by atoms with Crippen LogP contribution in [0.25, 0.3) is 22.2 Å². The lowest BCUT2D eigenvalue weighted by Gasteiger charge is -2.30.